The Morgan fingerprint density at radius 3 is 2.83 bits per heavy atom. The van der Waals surface area contributed by atoms with Crippen molar-refractivity contribution in [3.05, 3.63) is 20.8 Å². The summed E-state index contributed by atoms with van der Waals surface area (Å²) >= 11 is 1.08. The second-order valence-electron chi connectivity index (χ2n) is 1.88. The maximum atomic E-state index is 10.9. The summed E-state index contributed by atoms with van der Waals surface area (Å²) in [7, 11) is 0. The number of nitrogens with zero attached hydrogens (tertiary/aromatic N) is 1. The zero-order valence-corrected chi connectivity index (χ0v) is 6.85. The second kappa shape index (κ2) is 4.07. The smallest absolute Gasteiger partial charge is 0.342 e. The van der Waals surface area contributed by atoms with E-state index in [1.165, 1.54) is 0 Å². The summed E-state index contributed by atoms with van der Waals surface area (Å²) in [5.74, 6) is 0.377. The average Bonchev–Trinajstić information content (AvgIpc) is 2.03. The van der Waals surface area contributed by atoms with E-state index >= 15 is 0 Å². The SMILES string of the molecule is O=c1[nH]nc(SCCO)c(=O)[nH]1. The molecule has 1 heterocycles. The van der Waals surface area contributed by atoms with Crippen LogP contribution in [0.15, 0.2) is 14.6 Å². The van der Waals surface area contributed by atoms with Crippen molar-refractivity contribution in [2.75, 3.05) is 12.4 Å². The Morgan fingerprint density at radius 1 is 1.50 bits per heavy atom. The zero-order chi connectivity index (χ0) is 8.97. The fourth-order valence-corrected chi connectivity index (χ4v) is 1.15. The number of hydrogen-bond acceptors (Lipinski definition) is 5. The molecule has 0 aliphatic carbocycles. The Kier molecular flexibility index (Phi) is 3.06. The van der Waals surface area contributed by atoms with Crippen LogP contribution in [0.4, 0.5) is 0 Å². The van der Waals surface area contributed by atoms with Gasteiger partial charge in [0, 0.05) is 5.75 Å². The van der Waals surface area contributed by atoms with Crippen LogP contribution in [-0.2, 0) is 0 Å². The molecule has 0 atom stereocenters. The number of thioether (sulfide) groups is 1. The van der Waals surface area contributed by atoms with Gasteiger partial charge >= 0.3 is 5.69 Å². The molecule has 6 nitrogen and oxygen atoms in total. The van der Waals surface area contributed by atoms with Gasteiger partial charge in [-0.1, -0.05) is 11.8 Å². The van der Waals surface area contributed by atoms with Gasteiger partial charge in [0.1, 0.15) is 0 Å². The lowest BCUT2D eigenvalue weighted by atomic mass is 10.8. The third-order valence-electron chi connectivity index (χ3n) is 1.01. The summed E-state index contributed by atoms with van der Waals surface area (Å²) < 4.78 is 0. The van der Waals surface area contributed by atoms with E-state index in [4.69, 9.17) is 5.11 Å². The van der Waals surface area contributed by atoms with Crippen molar-refractivity contribution in [1.29, 1.82) is 0 Å². The number of aliphatic hydroxyl groups excluding tert-OH is 1. The van der Waals surface area contributed by atoms with Crippen molar-refractivity contribution in [3.63, 3.8) is 0 Å². The largest absolute Gasteiger partial charge is 0.396 e. The molecule has 0 saturated heterocycles. The molecular formula is C5H7N3O3S. The number of nitrogens with one attached hydrogen (secondary N) is 2. The highest BCUT2D eigenvalue weighted by molar-refractivity contribution is 7.99. The molecule has 0 spiro atoms. The molecule has 0 radical (unpaired) electrons. The van der Waals surface area contributed by atoms with Crippen molar-refractivity contribution < 1.29 is 5.11 Å². The third kappa shape index (κ3) is 2.21. The maximum Gasteiger partial charge on any atom is 0.342 e. The summed E-state index contributed by atoms with van der Waals surface area (Å²) in [5.41, 5.74) is -1.16. The van der Waals surface area contributed by atoms with Crippen LogP contribution in [0.25, 0.3) is 0 Å². The van der Waals surface area contributed by atoms with Crippen LogP contribution >= 0.6 is 11.8 Å². The highest BCUT2D eigenvalue weighted by atomic mass is 32.2. The van der Waals surface area contributed by atoms with Gasteiger partial charge in [-0.15, -0.1) is 0 Å². The third-order valence-corrected chi connectivity index (χ3v) is 1.95. The standard InChI is InChI=1S/C5H7N3O3S/c9-1-2-12-4-3(10)6-5(11)8-7-4/h9H,1-2H2,(H2,6,8,10,11). The summed E-state index contributed by atoms with van der Waals surface area (Å²) in [6.07, 6.45) is 0. The van der Waals surface area contributed by atoms with E-state index in [0.29, 0.717) is 5.75 Å². The minimum Gasteiger partial charge on any atom is -0.396 e. The van der Waals surface area contributed by atoms with Gasteiger partial charge in [0.25, 0.3) is 5.56 Å². The lowest BCUT2D eigenvalue weighted by Crippen LogP contribution is -2.25. The van der Waals surface area contributed by atoms with Gasteiger partial charge in [-0.05, 0) is 0 Å². The average molecular weight is 189 g/mol. The molecule has 0 saturated carbocycles. The molecular weight excluding hydrogens is 182 g/mol. The molecule has 0 unspecified atom stereocenters. The Bertz CT molecular complexity index is 357. The number of hydrogen-bond donors (Lipinski definition) is 3. The molecule has 0 aliphatic heterocycles. The second-order valence-corrected chi connectivity index (χ2v) is 2.97. The fraction of sp³-hybridized carbons (Fsp3) is 0.400. The molecule has 66 valence electrons. The van der Waals surface area contributed by atoms with Crippen LogP contribution in [0, 0.1) is 0 Å². The van der Waals surface area contributed by atoms with E-state index in [9.17, 15) is 9.59 Å². The van der Waals surface area contributed by atoms with Gasteiger partial charge in [0.15, 0.2) is 5.03 Å². The van der Waals surface area contributed by atoms with Crippen molar-refractivity contribution in [2.45, 2.75) is 5.03 Å². The molecule has 0 aromatic carbocycles. The molecule has 1 rings (SSSR count). The van der Waals surface area contributed by atoms with Crippen LogP contribution in [0.3, 0.4) is 0 Å². The molecule has 12 heavy (non-hydrogen) atoms. The molecule has 1 aromatic heterocycles. The molecule has 0 aliphatic rings. The van der Waals surface area contributed by atoms with Gasteiger partial charge in [0.2, 0.25) is 0 Å². The van der Waals surface area contributed by atoms with E-state index in [2.05, 4.69) is 10.2 Å². The minimum atomic E-state index is -0.631. The maximum absolute atomic E-state index is 10.9. The normalized spacial score (nSPS) is 10.1. The number of rotatable bonds is 3. The van der Waals surface area contributed by atoms with Gasteiger partial charge in [-0.25, -0.2) is 9.89 Å². The van der Waals surface area contributed by atoms with E-state index in [-0.39, 0.29) is 11.6 Å². The molecule has 0 bridgehead atoms. The Balaban J connectivity index is 2.87. The van der Waals surface area contributed by atoms with Crippen LogP contribution in [0.2, 0.25) is 0 Å². The monoisotopic (exact) mass is 189 g/mol. The highest BCUT2D eigenvalue weighted by Gasteiger charge is 2.00. The lowest BCUT2D eigenvalue weighted by molar-refractivity contribution is 0.322. The summed E-state index contributed by atoms with van der Waals surface area (Å²) in [4.78, 5) is 23.4. The van der Waals surface area contributed by atoms with Crippen molar-refractivity contribution in [3.8, 4) is 0 Å². The quantitative estimate of drug-likeness (QED) is 0.505. The summed E-state index contributed by atoms with van der Waals surface area (Å²) in [6, 6.07) is 0. The van der Waals surface area contributed by atoms with Crippen molar-refractivity contribution in [2.24, 2.45) is 0 Å². The van der Waals surface area contributed by atoms with Crippen LogP contribution < -0.4 is 11.2 Å². The summed E-state index contributed by atoms with van der Waals surface area (Å²) in [6.45, 7) is -0.0368. The number of aliphatic hydroxyl groups is 1. The number of H-pyrrole nitrogens is 2. The van der Waals surface area contributed by atoms with Gasteiger partial charge < -0.3 is 5.11 Å². The first-order valence-corrected chi connectivity index (χ1v) is 4.15. The van der Waals surface area contributed by atoms with E-state index in [1.807, 2.05) is 4.98 Å². The van der Waals surface area contributed by atoms with Crippen LogP contribution in [0.1, 0.15) is 0 Å². The molecule has 1 aromatic rings. The van der Waals surface area contributed by atoms with Gasteiger partial charge in [-0.2, -0.15) is 5.10 Å². The van der Waals surface area contributed by atoms with Crippen LogP contribution in [0.5, 0.6) is 0 Å². The van der Waals surface area contributed by atoms with E-state index < -0.39 is 11.2 Å². The first-order valence-electron chi connectivity index (χ1n) is 3.16. The Morgan fingerprint density at radius 2 is 2.25 bits per heavy atom. The Hall–Kier alpha value is -1.08. The zero-order valence-electron chi connectivity index (χ0n) is 6.03. The molecule has 7 heteroatoms. The lowest BCUT2D eigenvalue weighted by Gasteiger charge is -1.93. The molecule has 0 fully saturated rings. The minimum absolute atomic E-state index is 0.0368. The molecule has 0 amide bonds. The van der Waals surface area contributed by atoms with Crippen molar-refractivity contribution in [1.82, 2.24) is 15.2 Å². The van der Waals surface area contributed by atoms with Crippen LogP contribution in [-0.4, -0.2) is 32.6 Å². The highest BCUT2D eigenvalue weighted by Crippen LogP contribution is 2.05. The predicted molar refractivity (Wildman–Crippen MR) is 43.3 cm³/mol. The number of aromatic amines is 2. The first-order chi connectivity index (χ1) is 5.74. The van der Waals surface area contributed by atoms with Gasteiger partial charge in [0.05, 0.1) is 6.61 Å². The summed E-state index contributed by atoms with van der Waals surface area (Å²) in [5, 5.41) is 14.2. The predicted octanol–water partition coefficient (Wildman–Crippen LogP) is -1.46. The van der Waals surface area contributed by atoms with E-state index in [1.54, 1.807) is 0 Å². The van der Waals surface area contributed by atoms with Gasteiger partial charge in [-0.3, -0.25) is 9.78 Å². The number of aromatic nitrogens is 3. The van der Waals surface area contributed by atoms with E-state index in [0.717, 1.165) is 11.8 Å². The van der Waals surface area contributed by atoms with Crippen molar-refractivity contribution >= 4 is 11.8 Å². The Labute approximate surface area is 71.0 Å². The first kappa shape index (κ1) is 9.01. The fourth-order valence-electron chi connectivity index (χ4n) is 0.577. The topological polar surface area (TPSA) is 98.8 Å². The molecule has 3 N–H and O–H groups in total.